The van der Waals surface area contributed by atoms with Crippen LogP contribution in [-0.4, -0.2) is 18.6 Å². The van der Waals surface area contributed by atoms with E-state index in [9.17, 15) is 0 Å². The van der Waals surface area contributed by atoms with Crippen LogP contribution >= 0.6 is 0 Å². The summed E-state index contributed by atoms with van der Waals surface area (Å²) in [4.78, 5) is 3.09. The minimum Gasteiger partial charge on any atom is -0.496 e. The van der Waals surface area contributed by atoms with E-state index in [4.69, 9.17) is 10.5 Å². The van der Waals surface area contributed by atoms with Crippen LogP contribution in [0.4, 0.5) is 0 Å². The second-order valence-electron chi connectivity index (χ2n) is 5.09. The first-order valence-electron chi connectivity index (χ1n) is 6.68. The van der Waals surface area contributed by atoms with E-state index in [1.807, 2.05) is 12.4 Å². The molecule has 1 unspecified atom stereocenters. The predicted octanol–water partition coefficient (Wildman–Crippen LogP) is 3.24. The molecule has 102 valence electrons. The fourth-order valence-electron chi connectivity index (χ4n) is 2.37. The number of nitrogens with one attached hydrogen (secondary N) is 1. The number of benzene rings is 1. The van der Waals surface area contributed by atoms with Gasteiger partial charge in [-0.05, 0) is 29.2 Å². The van der Waals surface area contributed by atoms with Crippen molar-refractivity contribution in [2.75, 3.05) is 13.7 Å². The highest BCUT2D eigenvalue weighted by atomic mass is 16.5. The van der Waals surface area contributed by atoms with E-state index in [-0.39, 0.29) is 5.92 Å². The Morgan fingerprint density at radius 3 is 2.53 bits per heavy atom. The van der Waals surface area contributed by atoms with Gasteiger partial charge in [-0.15, -0.1) is 0 Å². The van der Waals surface area contributed by atoms with Crippen LogP contribution in [0.25, 0.3) is 0 Å². The molecule has 3 nitrogen and oxygen atoms in total. The number of H-pyrrole nitrogens is 1. The molecule has 2 rings (SSSR count). The number of aromatic amines is 1. The number of methoxy groups -OCH3 is 1. The molecule has 1 atom stereocenters. The van der Waals surface area contributed by atoms with Crippen molar-refractivity contribution in [2.24, 2.45) is 5.73 Å². The monoisotopic (exact) mass is 258 g/mol. The Hall–Kier alpha value is -1.74. The van der Waals surface area contributed by atoms with Crippen LogP contribution in [0.2, 0.25) is 0 Å². The third-order valence-electron chi connectivity index (χ3n) is 3.56. The fraction of sp³-hybridized carbons (Fsp3) is 0.375. The lowest BCUT2D eigenvalue weighted by Gasteiger charge is -2.19. The van der Waals surface area contributed by atoms with Crippen LogP contribution in [0.5, 0.6) is 5.75 Å². The first-order valence-corrected chi connectivity index (χ1v) is 6.68. The zero-order valence-electron chi connectivity index (χ0n) is 11.8. The van der Waals surface area contributed by atoms with Crippen molar-refractivity contribution in [1.82, 2.24) is 4.98 Å². The lowest BCUT2D eigenvalue weighted by molar-refractivity contribution is 0.407. The van der Waals surface area contributed by atoms with Crippen LogP contribution < -0.4 is 10.5 Å². The quantitative estimate of drug-likeness (QED) is 0.865. The van der Waals surface area contributed by atoms with E-state index < -0.39 is 0 Å². The van der Waals surface area contributed by atoms with Crippen LogP contribution in [0, 0.1) is 0 Å². The van der Waals surface area contributed by atoms with Crippen molar-refractivity contribution in [1.29, 1.82) is 0 Å². The van der Waals surface area contributed by atoms with Gasteiger partial charge in [-0.1, -0.05) is 26.0 Å². The standard InChI is InChI=1S/C16H22N2O/c1-11(2)12-4-5-14(16(8-12)19-3)15(9-17)13-6-7-18-10-13/h4-8,10-11,15,18H,9,17H2,1-3H3. The van der Waals surface area contributed by atoms with Crippen molar-refractivity contribution in [3.63, 3.8) is 0 Å². The van der Waals surface area contributed by atoms with Gasteiger partial charge in [0, 0.05) is 30.4 Å². The summed E-state index contributed by atoms with van der Waals surface area (Å²) in [6.07, 6.45) is 3.92. The summed E-state index contributed by atoms with van der Waals surface area (Å²) in [5, 5.41) is 0. The summed E-state index contributed by atoms with van der Waals surface area (Å²) in [5.41, 5.74) is 9.57. The lowest BCUT2D eigenvalue weighted by Crippen LogP contribution is -2.14. The van der Waals surface area contributed by atoms with Crippen LogP contribution in [-0.2, 0) is 0 Å². The maximum atomic E-state index is 5.95. The Bertz CT molecular complexity index is 518. The zero-order chi connectivity index (χ0) is 13.8. The SMILES string of the molecule is COc1cc(C(C)C)ccc1C(CN)c1cc[nH]c1. The van der Waals surface area contributed by atoms with Crippen molar-refractivity contribution in [3.8, 4) is 5.75 Å². The molecular formula is C16H22N2O. The summed E-state index contributed by atoms with van der Waals surface area (Å²) >= 11 is 0. The number of rotatable bonds is 5. The number of hydrogen-bond donors (Lipinski definition) is 2. The molecule has 0 aliphatic heterocycles. The van der Waals surface area contributed by atoms with Gasteiger partial charge in [0.15, 0.2) is 0 Å². The fourth-order valence-corrected chi connectivity index (χ4v) is 2.37. The molecule has 3 N–H and O–H groups in total. The minimum atomic E-state index is 0.169. The van der Waals surface area contributed by atoms with Gasteiger partial charge in [0.25, 0.3) is 0 Å². The summed E-state index contributed by atoms with van der Waals surface area (Å²) in [7, 11) is 1.72. The summed E-state index contributed by atoms with van der Waals surface area (Å²) in [5.74, 6) is 1.58. The molecule has 0 fully saturated rings. The van der Waals surface area contributed by atoms with E-state index in [0.717, 1.165) is 11.3 Å². The van der Waals surface area contributed by atoms with E-state index in [1.165, 1.54) is 11.1 Å². The van der Waals surface area contributed by atoms with Crippen LogP contribution in [0.1, 0.15) is 42.4 Å². The van der Waals surface area contributed by atoms with Crippen molar-refractivity contribution < 1.29 is 4.74 Å². The van der Waals surface area contributed by atoms with Gasteiger partial charge >= 0.3 is 0 Å². The molecule has 1 aromatic heterocycles. The molecule has 0 radical (unpaired) electrons. The lowest BCUT2D eigenvalue weighted by atomic mass is 9.90. The summed E-state index contributed by atoms with van der Waals surface area (Å²) in [6.45, 7) is 4.93. The van der Waals surface area contributed by atoms with E-state index in [2.05, 4.69) is 43.1 Å². The average molecular weight is 258 g/mol. The molecule has 1 aromatic carbocycles. The number of nitrogens with two attached hydrogens (primary N) is 1. The zero-order valence-corrected chi connectivity index (χ0v) is 11.8. The third-order valence-corrected chi connectivity index (χ3v) is 3.56. The first-order chi connectivity index (χ1) is 9.17. The number of ether oxygens (including phenoxy) is 1. The Labute approximate surface area is 114 Å². The van der Waals surface area contributed by atoms with Gasteiger partial charge in [0.2, 0.25) is 0 Å². The van der Waals surface area contributed by atoms with Gasteiger partial charge in [0.1, 0.15) is 5.75 Å². The molecule has 1 heterocycles. The largest absolute Gasteiger partial charge is 0.496 e. The number of hydrogen-bond acceptors (Lipinski definition) is 2. The molecule has 0 amide bonds. The summed E-state index contributed by atoms with van der Waals surface area (Å²) < 4.78 is 5.55. The molecule has 0 bridgehead atoms. The molecule has 2 aromatic rings. The Morgan fingerprint density at radius 1 is 1.21 bits per heavy atom. The molecule has 19 heavy (non-hydrogen) atoms. The highest BCUT2D eigenvalue weighted by Crippen LogP contribution is 2.33. The molecular weight excluding hydrogens is 236 g/mol. The third kappa shape index (κ3) is 2.82. The maximum Gasteiger partial charge on any atom is 0.123 e. The summed E-state index contributed by atoms with van der Waals surface area (Å²) in [6, 6.07) is 8.49. The van der Waals surface area contributed by atoms with Crippen molar-refractivity contribution in [2.45, 2.75) is 25.7 Å². The van der Waals surface area contributed by atoms with Crippen molar-refractivity contribution in [3.05, 3.63) is 53.3 Å². The normalized spacial score (nSPS) is 12.7. The second kappa shape index (κ2) is 5.93. The Kier molecular flexibility index (Phi) is 4.27. The highest BCUT2D eigenvalue weighted by molar-refractivity contribution is 5.45. The molecule has 0 aliphatic rings. The average Bonchev–Trinajstić information content (AvgIpc) is 2.93. The topological polar surface area (TPSA) is 51.0 Å². The second-order valence-corrected chi connectivity index (χ2v) is 5.09. The Morgan fingerprint density at radius 2 is 2.00 bits per heavy atom. The van der Waals surface area contributed by atoms with Crippen molar-refractivity contribution >= 4 is 0 Å². The van der Waals surface area contributed by atoms with E-state index in [1.54, 1.807) is 7.11 Å². The minimum absolute atomic E-state index is 0.169. The first kappa shape index (κ1) is 13.7. The molecule has 0 saturated heterocycles. The van der Waals surface area contributed by atoms with E-state index in [0.29, 0.717) is 12.5 Å². The van der Waals surface area contributed by atoms with Crippen LogP contribution in [0.15, 0.2) is 36.7 Å². The molecule has 0 aliphatic carbocycles. The van der Waals surface area contributed by atoms with Gasteiger partial charge in [-0.2, -0.15) is 0 Å². The van der Waals surface area contributed by atoms with Gasteiger partial charge in [-0.3, -0.25) is 0 Å². The van der Waals surface area contributed by atoms with Gasteiger partial charge in [0.05, 0.1) is 7.11 Å². The van der Waals surface area contributed by atoms with Gasteiger partial charge < -0.3 is 15.5 Å². The molecule has 3 heteroatoms. The molecule has 0 saturated carbocycles. The van der Waals surface area contributed by atoms with Gasteiger partial charge in [-0.25, -0.2) is 0 Å². The van der Waals surface area contributed by atoms with E-state index >= 15 is 0 Å². The smallest absolute Gasteiger partial charge is 0.123 e. The number of aromatic nitrogens is 1. The predicted molar refractivity (Wildman–Crippen MR) is 78.8 cm³/mol. The maximum absolute atomic E-state index is 5.95. The highest BCUT2D eigenvalue weighted by Gasteiger charge is 2.18. The Balaban J connectivity index is 2.43. The molecule has 0 spiro atoms. The van der Waals surface area contributed by atoms with Crippen LogP contribution in [0.3, 0.4) is 0 Å².